The highest BCUT2D eigenvalue weighted by atomic mass is 16.6. The molecule has 5 heteroatoms. The maximum Gasteiger partial charge on any atom is 0.363 e. The molecule has 0 radical (unpaired) electrons. The molecular weight excluding hydrogens is 232 g/mol. The van der Waals surface area contributed by atoms with E-state index in [0.29, 0.717) is 5.76 Å². The van der Waals surface area contributed by atoms with Crippen LogP contribution in [-0.4, -0.2) is 16.9 Å². The van der Waals surface area contributed by atoms with E-state index >= 15 is 0 Å². The topological polar surface area (TPSA) is 64.7 Å². The van der Waals surface area contributed by atoms with Gasteiger partial charge < -0.3 is 9.15 Å². The summed E-state index contributed by atoms with van der Waals surface area (Å²) in [5.74, 6) is 0.130. The Kier molecular flexibility index (Phi) is 2.49. The first-order valence-corrected chi connectivity index (χ1v) is 5.29. The van der Waals surface area contributed by atoms with Gasteiger partial charge in [0.2, 0.25) is 0 Å². The molecule has 0 amide bonds. The summed E-state index contributed by atoms with van der Waals surface area (Å²) in [6.07, 6.45) is 6.42. The number of nitrogens with zero attached hydrogens (tertiary/aromatic N) is 2. The van der Waals surface area contributed by atoms with Crippen LogP contribution in [0.1, 0.15) is 11.3 Å². The molecular formula is C13H8N2O3. The molecule has 0 saturated heterocycles. The average molecular weight is 240 g/mol. The summed E-state index contributed by atoms with van der Waals surface area (Å²) >= 11 is 0. The molecule has 1 aliphatic heterocycles. The lowest BCUT2D eigenvalue weighted by Crippen LogP contribution is -2.04. The van der Waals surface area contributed by atoms with Crippen molar-refractivity contribution < 1.29 is 13.9 Å². The number of cyclic esters (lactones) is 1. The summed E-state index contributed by atoms with van der Waals surface area (Å²) in [7, 11) is 0. The molecule has 18 heavy (non-hydrogen) atoms. The second kappa shape index (κ2) is 4.29. The number of esters is 1. The van der Waals surface area contributed by atoms with Crippen molar-refractivity contribution in [3.05, 3.63) is 59.9 Å². The van der Waals surface area contributed by atoms with Crippen LogP contribution < -0.4 is 0 Å². The predicted octanol–water partition coefficient (Wildman–Crippen LogP) is 2.02. The summed E-state index contributed by atoms with van der Waals surface area (Å²) < 4.78 is 10.1. The Morgan fingerprint density at radius 2 is 2.00 bits per heavy atom. The largest absolute Gasteiger partial charge is 0.459 e. The van der Waals surface area contributed by atoms with Crippen LogP contribution >= 0.6 is 0 Å². The zero-order valence-corrected chi connectivity index (χ0v) is 9.24. The van der Waals surface area contributed by atoms with Crippen molar-refractivity contribution in [2.45, 2.75) is 0 Å². The fraction of sp³-hybridized carbons (Fsp3) is 0. The predicted molar refractivity (Wildman–Crippen MR) is 63.6 cm³/mol. The molecule has 0 fully saturated rings. The monoisotopic (exact) mass is 240 g/mol. The van der Waals surface area contributed by atoms with Crippen LogP contribution in [0.15, 0.2) is 58.0 Å². The van der Waals surface area contributed by atoms with Crippen LogP contribution in [0.2, 0.25) is 0 Å². The fourth-order valence-electron chi connectivity index (χ4n) is 1.53. The molecule has 0 spiro atoms. The minimum atomic E-state index is -0.488. The number of carbonyl (C=O) groups excluding carboxylic acids is 1. The quantitative estimate of drug-likeness (QED) is 0.595. The van der Waals surface area contributed by atoms with Gasteiger partial charge in [-0.05, 0) is 35.9 Å². The van der Waals surface area contributed by atoms with E-state index in [1.165, 1.54) is 6.26 Å². The van der Waals surface area contributed by atoms with Crippen LogP contribution in [0.5, 0.6) is 0 Å². The number of pyridine rings is 1. The zero-order valence-electron chi connectivity index (χ0n) is 9.24. The highest BCUT2D eigenvalue weighted by Crippen LogP contribution is 2.18. The molecule has 2 aromatic heterocycles. The van der Waals surface area contributed by atoms with Gasteiger partial charge in [-0.25, -0.2) is 9.79 Å². The summed E-state index contributed by atoms with van der Waals surface area (Å²) in [4.78, 5) is 19.6. The molecule has 0 aliphatic carbocycles. The van der Waals surface area contributed by atoms with E-state index in [2.05, 4.69) is 9.98 Å². The number of furan rings is 1. The Morgan fingerprint density at radius 3 is 2.72 bits per heavy atom. The maximum atomic E-state index is 11.6. The zero-order chi connectivity index (χ0) is 12.4. The molecule has 0 bridgehead atoms. The Hall–Kier alpha value is -2.69. The number of aliphatic imine (C=N–C) groups is 1. The van der Waals surface area contributed by atoms with E-state index in [-0.39, 0.29) is 11.6 Å². The first-order chi connectivity index (χ1) is 8.83. The summed E-state index contributed by atoms with van der Waals surface area (Å²) in [5.41, 5.74) is 1.08. The van der Waals surface area contributed by atoms with Crippen LogP contribution in [0.3, 0.4) is 0 Å². The maximum absolute atomic E-state index is 11.6. The third-order valence-electron chi connectivity index (χ3n) is 2.36. The van der Waals surface area contributed by atoms with Gasteiger partial charge in [0, 0.05) is 12.4 Å². The van der Waals surface area contributed by atoms with E-state index in [1.807, 2.05) is 0 Å². The molecule has 0 N–H and O–H groups in total. The number of aromatic nitrogens is 1. The average Bonchev–Trinajstić information content (AvgIpc) is 3.01. The van der Waals surface area contributed by atoms with Crippen LogP contribution in [0, 0.1) is 0 Å². The number of hydrogen-bond donors (Lipinski definition) is 0. The minimum Gasteiger partial charge on any atom is -0.459 e. The molecule has 3 heterocycles. The minimum absolute atomic E-state index is 0.185. The van der Waals surface area contributed by atoms with Crippen molar-refractivity contribution in [3.8, 4) is 0 Å². The Morgan fingerprint density at radius 1 is 1.17 bits per heavy atom. The SMILES string of the molecule is O=C1OC(c2ccco2)=N/C1=C\c1ccncc1. The van der Waals surface area contributed by atoms with E-state index in [9.17, 15) is 4.79 Å². The smallest absolute Gasteiger partial charge is 0.363 e. The molecule has 0 saturated carbocycles. The third kappa shape index (κ3) is 1.93. The van der Waals surface area contributed by atoms with Gasteiger partial charge in [0.25, 0.3) is 5.90 Å². The first-order valence-electron chi connectivity index (χ1n) is 5.29. The second-order valence-electron chi connectivity index (χ2n) is 3.59. The van der Waals surface area contributed by atoms with Gasteiger partial charge in [-0.2, -0.15) is 0 Å². The lowest BCUT2D eigenvalue weighted by Gasteiger charge is -1.92. The molecule has 1 aliphatic rings. The van der Waals surface area contributed by atoms with Crippen molar-refractivity contribution in [1.29, 1.82) is 0 Å². The fourth-order valence-corrected chi connectivity index (χ4v) is 1.53. The summed E-state index contributed by atoms with van der Waals surface area (Å²) in [6.45, 7) is 0. The molecule has 88 valence electrons. The highest BCUT2D eigenvalue weighted by Gasteiger charge is 2.25. The third-order valence-corrected chi connectivity index (χ3v) is 2.36. The van der Waals surface area contributed by atoms with E-state index in [4.69, 9.17) is 9.15 Å². The van der Waals surface area contributed by atoms with Crippen molar-refractivity contribution in [1.82, 2.24) is 4.98 Å². The normalized spacial score (nSPS) is 16.8. The van der Waals surface area contributed by atoms with E-state index < -0.39 is 5.97 Å². The van der Waals surface area contributed by atoms with Crippen molar-refractivity contribution >= 4 is 17.9 Å². The standard InChI is InChI=1S/C13H8N2O3/c16-13-10(8-9-3-5-14-6-4-9)15-12(18-13)11-2-1-7-17-11/h1-8H/b10-8-. The highest BCUT2D eigenvalue weighted by molar-refractivity contribution is 6.11. The Labute approximate surface area is 102 Å². The Balaban J connectivity index is 1.94. The van der Waals surface area contributed by atoms with Gasteiger partial charge >= 0.3 is 5.97 Å². The lowest BCUT2D eigenvalue weighted by atomic mass is 10.2. The molecule has 0 unspecified atom stereocenters. The number of hydrogen-bond acceptors (Lipinski definition) is 5. The number of ether oxygens (including phenoxy) is 1. The molecule has 0 atom stereocenters. The van der Waals surface area contributed by atoms with Crippen molar-refractivity contribution in [2.24, 2.45) is 4.99 Å². The molecule has 0 aromatic carbocycles. The van der Waals surface area contributed by atoms with Crippen molar-refractivity contribution in [3.63, 3.8) is 0 Å². The van der Waals surface area contributed by atoms with E-state index in [0.717, 1.165) is 5.56 Å². The van der Waals surface area contributed by atoms with Crippen LogP contribution in [0.25, 0.3) is 6.08 Å². The van der Waals surface area contributed by atoms with Crippen molar-refractivity contribution in [2.75, 3.05) is 0 Å². The van der Waals surface area contributed by atoms with Gasteiger partial charge in [-0.1, -0.05) is 0 Å². The van der Waals surface area contributed by atoms with Gasteiger partial charge in [0.15, 0.2) is 11.5 Å². The van der Waals surface area contributed by atoms with Gasteiger partial charge in [-0.15, -0.1) is 0 Å². The lowest BCUT2D eigenvalue weighted by molar-refractivity contribution is -0.130. The summed E-state index contributed by atoms with van der Waals surface area (Å²) in [5, 5.41) is 0. The molecule has 3 rings (SSSR count). The Bertz CT molecular complexity index is 628. The van der Waals surface area contributed by atoms with Crippen LogP contribution in [0.4, 0.5) is 0 Å². The van der Waals surface area contributed by atoms with Gasteiger partial charge in [0.05, 0.1) is 6.26 Å². The number of rotatable bonds is 2. The van der Waals surface area contributed by atoms with E-state index in [1.54, 1.807) is 42.7 Å². The molecule has 5 nitrogen and oxygen atoms in total. The first kappa shape index (κ1) is 10.5. The van der Waals surface area contributed by atoms with Crippen LogP contribution in [-0.2, 0) is 9.53 Å². The number of carbonyl (C=O) groups is 1. The molecule has 2 aromatic rings. The van der Waals surface area contributed by atoms with Gasteiger partial charge in [-0.3, -0.25) is 4.98 Å². The summed E-state index contributed by atoms with van der Waals surface area (Å²) in [6, 6.07) is 6.94. The second-order valence-corrected chi connectivity index (χ2v) is 3.59. The van der Waals surface area contributed by atoms with Gasteiger partial charge in [0.1, 0.15) is 0 Å².